The monoisotopic (exact) mass is 239 g/mol. The van der Waals surface area contributed by atoms with Gasteiger partial charge in [-0.25, -0.2) is 4.39 Å². The number of nitrogens with two attached hydrogens (primary N) is 1. The summed E-state index contributed by atoms with van der Waals surface area (Å²) in [6.45, 7) is 0. The van der Waals surface area contributed by atoms with Crippen molar-refractivity contribution in [3.8, 4) is 11.6 Å². The first-order chi connectivity index (χ1) is 7.66. The van der Waals surface area contributed by atoms with Crippen molar-refractivity contribution < 1.29 is 9.13 Å². The van der Waals surface area contributed by atoms with Crippen LogP contribution in [0.1, 0.15) is 0 Å². The third-order valence-electron chi connectivity index (χ3n) is 1.76. The highest BCUT2D eigenvalue weighted by Crippen LogP contribution is 2.27. The Morgan fingerprint density at radius 2 is 2.12 bits per heavy atom. The molecule has 82 valence electrons. The molecule has 16 heavy (non-hydrogen) atoms. The molecule has 2 rings (SSSR count). The van der Waals surface area contributed by atoms with Crippen molar-refractivity contribution in [1.82, 2.24) is 9.97 Å². The van der Waals surface area contributed by atoms with E-state index >= 15 is 0 Å². The minimum Gasteiger partial charge on any atom is -0.434 e. The third kappa shape index (κ3) is 2.20. The average Bonchev–Trinajstić information content (AvgIpc) is 2.25. The molecule has 0 fully saturated rings. The highest BCUT2D eigenvalue weighted by molar-refractivity contribution is 6.30. The van der Waals surface area contributed by atoms with E-state index in [9.17, 15) is 4.39 Å². The quantitative estimate of drug-likeness (QED) is 0.875. The van der Waals surface area contributed by atoms with Gasteiger partial charge in [-0.05, 0) is 12.1 Å². The maximum Gasteiger partial charge on any atom is 0.239 e. The van der Waals surface area contributed by atoms with Gasteiger partial charge >= 0.3 is 0 Å². The number of hydrogen-bond acceptors (Lipinski definition) is 4. The summed E-state index contributed by atoms with van der Waals surface area (Å²) in [6, 6.07) is 4.43. The third-order valence-corrected chi connectivity index (χ3v) is 2.05. The maximum absolute atomic E-state index is 13.5. The molecule has 2 N–H and O–H groups in total. The van der Waals surface area contributed by atoms with Gasteiger partial charge in [0.1, 0.15) is 5.82 Å². The second-order valence-electron chi connectivity index (χ2n) is 2.94. The van der Waals surface area contributed by atoms with E-state index in [2.05, 4.69) is 9.97 Å². The Morgan fingerprint density at radius 3 is 2.88 bits per heavy atom. The summed E-state index contributed by atoms with van der Waals surface area (Å²) in [5, 5.41) is -0.0191. The summed E-state index contributed by atoms with van der Waals surface area (Å²) in [4.78, 5) is 7.59. The number of ether oxygens (including phenoxy) is 1. The molecule has 0 atom stereocenters. The number of hydrogen-bond donors (Lipinski definition) is 1. The van der Waals surface area contributed by atoms with E-state index in [0.717, 1.165) is 0 Å². The predicted octanol–water partition coefficient (Wildman–Crippen LogP) is 2.64. The Kier molecular flexibility index (Phi) is 2.87. The van der Waals surface area contributed by atoms with Crippen LogP contribution in [-0.4, -0.2) is 9.97 Å². The van der Waals surface area contributed by atoms with E-state index in [1.807, 2.05) is 0 Å². The molecule has 4 nitrogen and oxygen atoms in total. The number of anilines is 1. The van der Waals surface area contributed by atoms with E-state index in [0.29, 0.717) is 0 Å². The van der Waals surface area contributed by atoms with Crippen molar-refractivity contribution in [3.63, 3.8) is 0 Å². The van der Waals surface area contributed by atoms with Crippen LogP contribution in [-0.2, 0) is 0 Å². The molecule has 0 saturated carbocycles. The predicted molar refractivity (Wildman–Crippen MR) is 57.9 cm³/mol. The molecule has 1 heterocycles. The number of nitrogen functional groups attached to an aromatic ring is 1. The van der Waals surface area contributed by atoms with Crippen LogP contribution in [0.2, 0.25) is 5.02 Å². The molecular formula is C10H7ClFN3O. The topological polar surface area (TPSA) is 61.0 Å². The standard InChI is InChI=1S/C10H7ClFN3O/c11-6-2-1-3-7(10(6)12)16-9-5-14-4-8(13)15-9/h1-5H,(H2,13,15). The van der Waals surface area contributed by atoms with Crippen LogP contribution in [0.15, 0.2) is 30.6 Å². The van der Waals surface area contributed by atoms with E-state index in [1.165, 1.54) is 24.5 Å². The molecule has 0 spiro atoms. The molecule has 2 aromatic rings. The lowest BCUT2D eigenvalue weighted by Gasteiger charge is -2.06. The van der Waals surface area contributed by atoms with Crippen molar-refractivity contribution in [1.29, 1.82) is 0 Å². The minimum absolute atomic E-state index is 0.0191. The van der Waals surface area contributed by atoms with Gasteiger partial charge in [-0.15, -0.1) is 0 Å². The zero-order valence-electron chi connectivity index (χ0n) is 8.02. The van der Waals surface area contributed by atoms with Crippen molar-refractivity contribution in [2.75, 3.05) is 5.73 Å². The smallest absolute Gasteiger partial charge is 0.239 e. The highest BCUT2D eigenvalue weighted by Gasteiger charge is 2.09. The first-order valence-electron chi connectivity index (χ1n) is 4.36. The average molecular weight is 240 g/mol. The van der Waals surface area contributed by atoms with Gasteiger partial charge in [0.15, 0.2) is 11.6 Å². The molecule has 6 heteroatoms. The minimum atomic E-state index is -0.645. The van der Waals surface area contributed by atoms with Gasteiger partial charge in [-0.1, -0.05) is 17.7 Å². The van der Waals surface area contributed by atoms with E-state index in [4.69, 9.17) is 22.1 Å². The number of aromatic nitrogens is 2. The SMILES string of the molecule is Nc1cncc(Oc2cccc(Cl)c2F)n1. The second kappa shape index (κ2) is 4.32. The lowest BCUT2D eigenvalue weighted by atomic mass is 10.3. The van der Waals surface area contributed by atoms with Crippen LogP contribution < -0.4 is 10.5 Å². The fourth-order valence-electron chi connectivity index (χ4n) is 1.09. The Morgan fingerprint density at radius 1 is 1.31 bits per heavy atom. The molecule has 0 radical (unpaired) electrons. The molecule has 0 bridgehead atoms. The Bertz CT molecular complexity index is 521. The molecule has 0 amide bonds. The molecule has 0 aliphatic heterocycles. The first kappa shape index (κ1) is 10.6. The zero-order chi connectivity index (χ0) is 11.5. The van der Waals surface area contributed by atoms with E-state index < -0.39 is 5.82 Å². The van der Waals surface area contributed by atoms with E-state index in [-0.39, 0.29) is 22.5 Å². The fourth-order valence-corrected chi connectivity index (χ4v) is 1.25. The molecule has 0 aliphatic carbocycles. The zero-order valence-corrected chi connectivity index (χ0v) is 8.78. The molecule has 0 unspecified atom stereocenters. The van der Waals surface area contributed by atoms with Gasteiger partial charge in [0.2, 0.25) is 5.88 Å². The summed E-state index contributed by atoms with van der Waals surface area (Å²) in [7, 11) is 0. The van der Waals surface area contributed by atoms with Gasteiger partial charge in [0, 0.05) is 0 Å². The highest BCUT2D eigenvalue weighted by atomic mass is 35.5. The van der Waals surface area contributed by atoms with Crippen LogP contribution in [0.3, 0.4) is 0 Å². The molecule has 0 aliphatic rings. The van der Waals surface area contributed by atoms with Crippen LogP contribution >= 0.6 is 11.6 Å². The normalized spacial score (nSPS) is 10.1. The summed E-state index contributed by atoms with van der Waals surface area (Å²) >= 11 is 5.60. The van der Waals surface area contributed by atoms with Crippen molar-refractivity contribution in [2.45, 2.75) is 0 Å². The van der Waals surface area contributed by atoms with Crippen LogP contribution in [0, 0.1) is 5.82 Å². The number of benzene rings is 1. The Balaban J connectivity index is 2.31. The van der Waals surface area contributed by atoms with Crippen molar-refractivity contribution >= 4 is 17.4 Å². The maximum atomic E-state index is 13.5. The van der Waals surface area contributed by atoms with Crippen molar-refractivity contribution in [2.24, 2.45) is 0 Å². The largest absolute Gasteiger partial charge is 0.434 e. The summed E-state index contributed by atoms with van der Waals surface area (Å²) in [5.74, 6) is -0.359. The lowest BCUT2D eigenvalue weighted by Crippen LogP contribution is -1.96. The second-order valence-corrected chi connectivity index (χ2v) is 3.34. The molecule has 1 aromatic carbocycles. The van der Waals surface area contributed by atoms with Gasteiger partial charge in [-0.3, -0.25) is 4.98 Å². The first-order valence-corrected chi connectivity index (χ1v) is 4.74. The number of halogens is 2. The summed E-state index contributed by atoms with van der Waals surface area (Å²) in [5.41, 5.74) is 5.41. The Labute approximate surface area is 95.9 Å². The van der Waals surface area contributed by atoms with Gasteiger partial charge in [0.25, 0.3) is 0 Å². The molecule has 1 aromatic heterocycles. The summed E-state index contributed by atoms with van der Waals surface area (Å²) < 4.78 is 18.6. The van der Waals surface area contributed by atoms with Gasteiger partial charge < -0.3 is 10.5 Å². The van der Waals surface area contributed by atoms with Crippen LogP contribution in [0.25, 0.3) is 0 Å². The number of nitrogens with zero attached hydrogens (tertiary/aromatic N) is 2. The fraction of sp³-hybridized carbons (Fsp3) is 0. The van der Waals surface area contributed by atoms with Gasteiger partial charge in [0.05, 0.1) is 17.4 Å². The number of rotatable bonds is 2. The Hall–Kier alpha value is -1.88. The lowest BCUT2D eigenvalue weighted by molar-refractivity contribution is 0.426. The van der Waals surface area contributed by atoms with Crippen LogP contribution in [0.5, 0.6) is 11.6 Å². The van der Waals surface area contributed by atoms with Crippen LogP contribution in [0.4, 0.5) is 10.2 Å². The van der Waals surface area contributed by atoms with Crippen molar-refractivity contribution in [3.05, 3.63) is 41.4 Å². The summed E-state index contributed by atoms with van der Waals surface area (Å²) in [6.07, 6.45) is 2.69. The molecular weight excluding hydrogens is 233 g/mol. The van der Waals surface area contributed by atoms with E-state index in [1.54, 1.807) is 6.07 Å². The molecule has 0 saturated heterocycles. The van der Waals surface area contributed by atoms with Gasteiger partial charge in [-0.2, -0.15) is 4.98 Å².